The van der Waals surface area contributed by atoms with Crippen molar-refractivity contribution in [3.8, 4) is 0 Å². The average Bonchev–Trinajstić information content (AvgIpc) is 3.09. The lowest BCUT2D eigenvalue weighted by atomic mass is 10.2. The highest BCUT2D eigenvalue weighted by atomic mass is 15.0. The second-order valence-corrected chi connectivity index (χ2v) is 4.62. The zero-order valence-corrected chi connectivity index (χ0v) is 10.7. The Kier molecular flexibility index (Phi) is 3.29. The van der Waals surface area contributed by atoms with Crippen LogP contribution in [0.3, 0.4) is 0 Å². The van der Waals surface area contributed by atoms with Gasteiger partial charge in [0.25, 0.3) is 0 Å². The summed E-state index contributed by atoms with van der Waals surface area (Å²) in [6.45, 7) is 2.50. The molecule has 5 heteroatoms. The smallest absolute Gasteiger partial charge is 0.221 e. The molecule has 5 nitrogen and oxygen atoms in total. The molecule has 1 saturated heterocycles. The number of H-pyrrole nitrogens is 1. The lowest BCUT2D eigenvalue weighted by molar-refractivity contribution is 0.857. The lowest BCUT2D eigenvalue weighted by Crippen LogP contribution is -2.03. The summed E-state index contributed by atoms with van der Waals surface area (Å²) in [5.74, 6) is 0.295. The van der Waals surface area contributed by atoms with E-state index in [1.54, 1.807) is 6.20 Å². The number of nitrogen functional groups attached to an aromatic ring is 1. The number of hydrogen-bond acceptors (Lipinski definition) is 4. The maximum atomic E-state index is 5.50. The van der Waals surface area contributed by atoms with Gasteiger partial charge in [-0.2, -0.15) is 4.98 Å². The van der Waals surface area contributed by atoms with E-state index >= 15 is 0 Å². The number of nitrogens with one attached hydrogen (secondary N) is 2. The summed E-state index contributed by atoms with van der Waals surface area (Å²) in [7, 11) is 0. The Morgan fingerprint density at radius 1 is 1.05 bits per heavy atom. The van der Waals surface area contributed by atoms with Crippen LogP contribution < -0.4 is 11.1 Å². The van der Waals surface area contributed by atoms with E-state index in [1.807, 2.05) is 24.3 Å². The van der Waals surface area contributed by atoms with Crippen LogP contribution >= 0.6 is 0 Å². The number of fused-ring (bicyclic) bond motifs is 3. The highest BCUT2D eigenvalue weighted by molar-refractivity contribution is 6.05. The monoisotopic (exact) mass is 255 g/mol. The van der Waals surface area contributed by atoms with E-state index in [4.69, 9.17) is 5.73 Å². The van der Waals surface area contributed by atoms with Crippen molar-refractivity contribution in [2.24, 2.45) is 0 Å². The standard InChI is InChI=1S/C10H8N4.C4H9N/c11-10-12-5-7-6-3-1-2-4-8(6)13-9(7)14-10;1-2-4-5-3-1/h1-5H,(H3,11,12,13,14);5H,1-4H2. The normalized spacial score (nSPS) is 14.5. The second-order valence-electron chi connectivity index (χ2n) is 4.62. The minimum absolute atomic E-state index is 0.295. The maximum Gasteiger partial charge on any atom is 0.221 e. The molecule has 4 N–H and O–H groups in total. The Balaban J connectivity index is 0.000000187. The van der Waals surface area contributed by atoms with E-state index in [0.717, 1.165) is 21.9 Å². The van der Waals surface area contributed by atoms with Crippen molar-refractivity contribution in [2.75, 3.05) is 18.8 Å². The summed E-state index contributed by atoms with van der Waals surface area (Å²) >= 11 is 0. The number of nitrogens with zero attached hydrogens (tertiary/aromatic N) is 2. The van der Waals surface area contributed by atoms with E-state index in [9.17, 15) is 0 Å². The molecule has 4 rings (SSSR count). The van der Waals surface area contributed by atoms with Gasteiger partial charge in [0.1, 0.15) is 5.65 Å². The van der Waals surface area contributed by atoms with Crippen molar-refractivity contribution in [1.82, 2.24) is 20.3 Å². The molecule has 3 heterocycles. The van der Waals surface area contributed by atoms with Crippen molar-refractivity contribution < 1.29 is 0 Å². The van der Waals surface area contributed by atoms with Crippen LogP contribution in [-0.4, -0.2) is 28.0 Å². The first kappa shape index (κ1) is 11.9. The van der Waals surface area contributed by atoms with Gasteiger partial charge >= 0.3 is 0 Å². The Morgan fingerprint density at radius 2 is 1.84 bits per heavy atom. The number of aromatic amines is 1. The van der Waals surface area contributed by atoms with E-state index in [-0.39, 0.29) is 0 Å². The summed E-state index contributed by atoms with van der Waals surface area (Å²) in [5.41, 5.74) is 7.35. The number of para-hydroxylation sites is 1. The molecule has 1 fully saturated rings. The van der Waals surface area contributed by atoms with Crippen LogP contribution in [0.2, 0.25) is 0 Å². The first-order chi connectivity index (χ1) is 9.34. The fraction of sp³-hybridized carbons (Fsp3) is 0.286. The highest BCUT2D eigenvalue weighted by Crippen LogP contribution is 2.22. The van der Waals surface area contributed by atoms with Gasteiger partial charge in [0, 0.05) is 22.5 Å². The molecule has 1 aliphatic rings. The summed E-state index contributed by atoms with van der Waals surface area (Å²) < 4.78 is 0. The van der Waals surface area contributed by atoms with E-state index in [0.29, 0.717) is 5.95 Å². The molecule has 0 unspecified atom stereocenters. The molecule has 98 valence electrons. The summed E-state index contributed by atoms with van der Waals surface area (Å²) in [5, 5.41) is 5.36. The first-order valence-electron chi connectivity index (χ1n) is 6.54. The highest BCUT2D eigenvalue weighted by Gasteiger charge is 2.04. The number of benzene rings is 1. The first-order valence-corrected chi connectivity index (χ1v) is 6.54. The van der Waals surface area contributed by atoms with Crippen LogP contribution in [0.4, 0.5) is 5.95 Å². The molecular weight excluding hydrogens is 238 g/mol. The number of rotatable bonds is 0. The minimum Gasteiger partial charge on any atom is -0.368 e. The van der Waals surface area contributed by atoms with E-state index < -0.39 is 0 Å². The van der Waals surface area contributed by atoms with Gasteiger partial charge in [0.15, 0.2) is 0 Å². The van der Waals surface area contributed by atoms with Gasteiger partial charge in [-0.15, -0.1) is 0 Å². The molecule has 1 aliphatic heterocycles. The molecule has 0 atom stereocenters. The molecule has 19 heavy (non-hydrogen) atoms. The van der Waals surface area contributed by atoms with Gasteiger partial charge in [-0.05, 0) is 32.0 Å². The lowest BCUT2D eigenvalue weighted by Gasteiger charge is -1.90. The Labute approximate surface area is 111 Å². The van der Waals surface area contributed by atoms with Crippen molar-refractivity contribution in [2.45, 2.75) is 12.8 Å². The van der Waals surface area contributed by atoms with Gasteiger partial charge in [0.05, 0.1) is 0 Å². The molecule has 2 aromatic heterocycles. The van der Waals surface area contributed by atoms with Crippen molar-refractivity contribution in [3.05, 3.63) is 30.5 Å². The third-order valence-electron chi connectivity index (χ3n) is 3.23. The summed E-state index contributed by atoms with van der Waals surface area (Å²) in [6, 6.07) is 8.02. The van der Waals surface area contributed by atoms with Gasteiger partial charge in [-0.3, -0.25) is 0 Å². The van der Waals surface area contributed by atoms with Crippen molar-refractivity contribution in [1.29, 1.82) is 0 Å². The molecular formula is C14H17N5. The van der Waals surface area contributed by atoms with Gasteiger partial charge in [0.2, 0.25) is 5.95 Å². The molecule has 3 aromatic rings. The van der Waals surface area contributed by atoms with Crippen LogP contribution in [0, 0.1) is 0 Å². The molecule has 0 aliphatic carbocycles. The Bertz CT molecular complexity index is 677. The van der Waals surface area contributed by atoms with Crippen LogP contribution in [0.5, 0.6) is 0 Å². The average molecular weight is 255 g/mol. The fourth-order valence-electron chi connectivity index (χ4n) is 2.27. The SMILES string of the molecule is C1CCNC1.Nc1ncc2c(n1)[nH]c1ccccc12. The summed E-state index contributed by atoms with van der Waals surface area (Å²) in [6.07, 6.45) is 4.52. The number of aromatic nitrogens is 3. The zero-order chi connectivity index (χ0) is 13.1. The molecule has 0 amide bonds. The zero-order valence-electron chi connectivity index (χ0n) is 10.7. The van der Waals surface area contributed by atoms with Gasteiger partial charge in [-0.25, -0.2) is 4.98 Å². The third-order valence-corrected chi connectivity index (χ3v) is 3.23. The van der Waals surface area contributed by atoms with E-state index in [1.165, 1.54) is 25.9 Å². The van der Waals surface area contributed by atoms with Crippen LogP contribution in [0.15, 0.2) is 30.5 Å². The van der Waals surface area contributed by atoms with Crippen LogP contribution in [0.1, 0.15) is 12.8 Å². The minimum atomic E-state index is 0.295. The molecule has 0 spiro atoms. The Hall–Kier alpha value is -2.14. The van der Waals surface area contributed by atoms with Crippen molar-refractivity contribution >= 4 is 27.9 Å². The fourth-order valence-corrected chi connectivity index (χ4v) is 2.27. The van der Waals surface area contributed by atoms with Crippen LogP contribution in [-0.2, 0) is 0 Å². The van der Waals surface area contributed by atoms with Gasteiger partial charge in [-0.1, -0.05) is 18.2 Å². The number of nitrogens with two attached hydrogens (primary N) is 1. The van der Waals surface area contributed by atoms with Crippen LogP contribution in [0.25, 0.3) is 21.9 Å². The third kappa shape index (κ3) is 2.51. The van der Waals surface area contributed by atoms with E-state index in [2.05, 4.69) is 20.3 Å². The predicted molar refractivity (Wildman–Crippen MR) is 77.9 cm³/mol. The number of anilines is 1. The Morgan fingerprint density at radius 3 is 2.58 bits per heavy atom. The van der Waals surface area contributed by atoms with Crippen molar-refractivity contribution in [3.63, 3.8) is 0 Å². The number of hydrogen-bond donors (Lipinski definition) is 3. The quantitative estimate of drug-likeness (QED) is 0.574. The summed E-state index contributed by atoms with van der Waals surface area (Å²) in [4.78, 5) is 11.3. The van der Waals surface area contributed by atoms with Gasteiger partial charge < -0.3 is 16.0 Å². The largest absolute Gasteiger partial charge is 0.368 e. The molecule has 0 radical (unpaired) electrons. The maximum absolute atomic E-state index is 5.50. The molecule has 1 aromatic carbocycles. The molecule has 0 saturated carbocycles. The second kappa shape index (κ2) is 5.24. The topological polar surface area (TPSA) is 79.6 Å². The molecule has 0 bridgehead atoms. The predicted octanol–water partition coefficient (Wildman–Crippen LogP) is 2.06.